The van der Waals surface area contributed by atoms with Gasteiger partial charge in [-0.05, 0) is 6.07 Å². The van der Waals surface area contributed by atoms with Gasteiger partial charge in [-0.2, -0.15) is 0 Å². The molecule has 17 heavy (non-hydrogen) atoms. The van der Waals surface area contributed by atoms with Crippen LogP contribution >= 0.6 is 0 Å². The van der Waals surface area contributed by atoms with E-state index in [1.54, 1.807) is 6.07 Å². The maximum atomic E-state index is 10.8. The van der Waals surface area contributed by atoms with Crippen molar-refractivity contribution >= 4 is 17.9 Å². The number of hydrogen-bond donors (Lipinski definition) is 2. The van der Waals surface area contributed by atoms with Crippen molar-refractivity contribution in [3.05, 3.63) is 39.9 Å². The van der Waals surface area contributed by atoms with Gasteiger partial charge < -0.3 is 9.84 Å². The molecule has 0 radical (unpaired) electrons. The molecule has 0 fully saturated rings. The van der Waals surface area contributed by atoms with E-state index in [9.17, 15) is 19.7 Å². The summed E-state index contributed by atoms with van der Waals surface area (Å²) in [6.07, 6.45) is -2.74. The molecular weight excluding hydrogens is 232 g/mol. The smallest absolute Gasteiger partial charge is 0.416 e. The second-order valence-corrected chi connectivity index (χ2v) is 2.89. The van der Waals surface area contributed by atoms with Crippen LogP contribution in [-0.4, -0.2) is 22.2 Å². The third-order valence-corrected chi connectivity index (χ3v) is 1.76. The van der Waals surface area contributed by atoms with E-state index in [4.69, 9.17) is 5.11 Å². The number of imide groups is 1. The molecule has 0 aromatic heterocycles. The molecule has 0 heterocycles. The SMILES string of the molecule is O=C(O)NC(=O)OCc1ccccc1[N+](=O)[O-]. The van der Waals surface area contributed by atoms with Gasteiger partial charge in [-0.15, -0.1) is 0 Å². The van der Waals surface area contributed by atoms with Crippen LogP contribution in [0.5, 0.6) is 0 Å². The van der Waals surface area contributed by atoms with E-state index in [1.165, 1.54) is 23.5 Å². The Morgan fingerprint density at radius 1 is 1.41 bits per heavy atom. The van der Waals surface area contributed by atoms with E-state index in [1.807, 2.05) is 0 Å². The molecule has 0 unspecified atom stereocenters. The number of amides is 2. The summed E-state index contributed by atoms with van der Waals surface area (Å²) in [5.41, 5.74) is -0.0198. The number of ether oxygens (including phenoxy) is 1. The highest BCUT2D eigenvalue weighted by Gasteiger charge is 2.14. The number of rotatable bonds is 3. The van der Waals surface area contributed by atoms with Crippen LogP contribution in [0.25, 0.3) is 0 Å². The third-order valence-electron chi connectivity index (χ3n) is 1.76. The van der Waals surface area contributed by atoms with Crippen LogP contribution in [-0.2, 0) is 11.3 Å². The van der Waals surface area contributed by atoms with Crippen LogP contribution in [0.1, 0.15) is 5.56 Å². The lowest BCUT2D eigenvalue weighted by molar-refractivity contribution is -0.385. The van der Waals surface area contributed by atoms with Gasteiger partial charge in [-0.1, -0.05) is 12.1 Å². The zero-order valence-electron chi connectivity index (χ0n) is 8.45. The summed E-state index contributed by atoms with van der Waals surface area (Å²) < 4.78 is 4.49. The zero-order valence-corrected chi connectivity index (χ0v) is 8.45. The van der Waals surface area contributed by atoms with Crippen LogP contribution < -0.4 is 5.32 Å². The molecule has 0 atom stereocenters. The van der Waals surface area contributed by atoms with Crippen LogP contribution in [0.2, 0.25) is 0 Å². The number of nitro groups is 1. The maximum Gasteiger partial charge on any atom is 0.416 e. The van der Waals surface area contributed by atoms with Crippen molar-refractivity contribution < 1.29 is 24.4 Å². The van der Waals surface area contributed by atoms with Crippen molar-refractivity contribution in [2.75, 3.05) is 0 Å². The first-order valence-electron chi connectivity index (χ1n) is 4.39. The van der Waals surface area contributed by atoms with Gasteiger partial charge in [-0.3, -0.25) is 10.1 Å². The van der Waals surface area contributed by atoms with E-state index >= 15 is 0 Å². The molecular formula is C9H8N2O6. The summed E-state index contributed by atoms with van der Waals surface area (Å²) in [6, 6.07) is 5.68. The molecule has 0 aliphatic heterocycles. The Morgan fingerprint density at radius 3 is 2.65 bits per heavy atom. The van der Waals surface area contributed by atoms with Gasteiger partial charge in [0.15, 0.2) is 0 Å². The van der Waals surface area contributed by atoms with E-state index < -0.39 is 17.1 Å². The molecule has 1 rings (SSSR count). The number of benzene rings is 1. The van der Waals surface area contributed by atoms with Crippen LogP contribution in [0, 0.1) is 10.1 Å². The largest absolute Gasteiger partial charge is 0.465 e. The highest BCUT2D eigenvalue weighted by atomic mass is 16.6. The Hall–Kier alpha value is -2.64. The number of nitro benzene ring substituents is 1. The molecule has 90 valence electrons. The molecule has 8 nitrogen and oxygen atoms in total. The number of carboxylic acid groups (broad SMARTS) is 1. The second kappa shape index (κ2) is 5.45. The number of nitrogens with zero attached hydrogens (tertiary/aromatic N) is 1. The van der Waals surface area contributed by atoms with Crippen molar-refractivity contribution in [2.45, 2.75) is 6.61 Å². The van der Waals surface area contributed by atoms with E-state index in [0.29, 0.717) is 0 Å². The highest BCUT2D eigenvalue weighted by Crippen LogP contribution is 2.18. The Labute approximate surface area is 95.0 Å². The number of hydrogen-bond acceptors (Lipinski definition) is 5. The van der Waals surface area contributed by atoms with Crippen molar-refractivity contribution in [3.63, 3.8) is 0 Å². The normalized spacial score (nSPS) is 9.41. The minimum absolute atomic E-state index is 0.179. The predicted octanol–water partition coefficient (Wildman–Crippen LogP) is 1.50. The van der Waals surface area contributed by atoms with Crippen LogP contribution in [0.15, 0.2) is 24.3 Å². The lowest BCUT2D eigenvalue weighted by atomic mass is 10.2. The number of para-hydroxylation sites is 1. The van der Waals surface area contributed by atoms with Crippen LogP contribution in [0.3, 0.4) is 0 Å². The fraction of sp³-hybridized carbons (Fsp3) is 0.111. The second-order valence-electron chi connectivity index (χ2n) is 2.89. The first kappa shape index (κ1) is 12.4. The fourth-order valence-electron chi connectivity index (χ4n) is 1.08. The summed E-state index contributed by atoms with van der Waals surface area (Å²) in [5, 5.41) is 20.3. The standard InChI is InChI=1S/C9H8N2O6/c12-8(13)10-9(14)17-5-6-3-1-2-4-7(6)11(15)16/h1-4H,5H2,(H,10,14)(H,12,13). The Bertz CT molecular complexity index is 459. The molecule has 0 saturated heterocycles. The van der Waals surface area contributed by atoms with Gasteiger partial charge in [0.1, 0.15) is 6.61 Å². The molecule has 2 amide bonds. The average Bonchev–Trinajstić information content (AvgIpc) is 2.25. The summed E-state index contributed by atoms with van der Waals surface area (Å²) >= 11 is 0. The van der Waals surface area contributed by atoms with Gasteiger partial charge in [0.05, 0.1) is 10.5 Å². The van der Waals surface area contributed by atoms with Crippen molar-refractivity contribution in [1.82, 2.24) is 5.32 Å². The van der Waals surface area contributed by atoms with E-state index in [0.717, 1.165) is 0 Å². The molecule has 0 bridgehead atoms. The van der Waals surface area contributed by atoms with Gasteiger partial charge in [-0.25, -0.2) is 14.9 Å². The van der Waals surface area contributed by atoms with Gasteiger partial charge in [0.25, 0.3) is 5.69 Å². The lowest BCUT2D eigenvalue weighted by Gasteiger charge is -2.04. The van der Waals surface area contributed by atoms with Crippen molar-refractivity contribution in [3.8, 4) is 0 Å². The van der Waals surface area contributed by atoms with Crippen LogP contribution in [0.4, 0.5) is 15.3 Å². The van der Waals surface area contributed by atoms with Crippen molar-refractivity contribution in [2.24, 2.45) is 0 Å². The molecule has 8 heteroatoms. The van der Waals surface area contributed by atoms with Gasteiger partial charge in [0.2, 0.25) is 0 Å². The van der Waals surface area contributed by atoms with Gasteiger partial charge >= 0.3 is 12.2 Å². The van der Waals surface area contributed by atoms with Crippen molar-refractivity contribution in [1.29, 1.82) is 0 Å². The minimum Gasteiger partial charge on any atom is -0.465 e. The number of nitrogens with one attached hydrogen (secondary N) is 1. The minimum atomic E-state index is -1.56. The van der Waals surface area contributed by atoms with E-state index in [-0.39, 0.29) is 17.9 Å². The molecule has 2 N–H and O–H groups in total. The summed E-state index contributed by atoms with van der Waals surface area (Å²) in [5.74, 6) is 0. The summed E-state index contributed by atoms with van der Waals surface area (Å²) in [7, 11) is 0. The molecule has 0 aliphatic rings. The Balaban J connectivity index is 2.66. The first-order chi connectivity index (χ1) is 8.00. The first-order valence-corrected chi connectivity index (χ1v) is 4.39. The summed E-state index contributed by atoms with van der Waals surface area (Å²) in [4.78, 5) is 30.9. The number of carbonyl (C=O) groups is 2. The third kappa shape index (κ3) is 3.78. The quantitative estimate of drug-likeness (QED) is 0.610. The predicted molar refractivity (Wildman–Crippen MR) is 54.4 cm³/mol. The Morgan fingerprint density at radius 2 is 2.06 bits per heavy atom. The van der Waals surface area contributed by atoms with Gasteiger partial charge in [0, 0.05) is 6.07 Å². The van der Waals surface area contributed by atoms with E-state index in [2.05, 4.69) is 4.74 Å². The number of alkyl carbamates (subject to hydrolysis) is 1. The topological polar surface area (TPSA) is 119 Å². The average molecular weight is 240 g/mol. The fourth-order valence-corrected chi connectivity index (χ4v) is 1.08. The lowest BCUT2D eigenvalue weighted by Crippen LogP contribution is -2.29. The molecule has 0 aliphatic carbocycles. The summed E-state index contributed by atoms with van der Waals surface area (Å²) in [6.45, 7) is -0.379. The Kier molecular flexibility index (Phi) is 3.98. The molecule has 0 saturated carbocycles. The zero-order chi connectivity index (χ0) is 12.8. The molecule has 0 spiro atoms. The molecule has 1 aromatic carbocycles. The highest BCUT2D eigenvalue weighted by molar-refractivity contribution is 5.86. The maximum absolute atomic E-state index is 10.8. The molecule has 1 aromatic rings. The monoisotopic (exact) mass is 240 g/mol. The number of carbonyl (C=O) groups excluding carboxylic acids is 1.